The van der Waals surface area contributed by atoms with E-state index in [0.29, 0.717) is 29.3 Å². The molecule has 1 aromatic heterocycles. The van der Waals surface area contributed by atoms with E-state index in [1.165, 1.54) is 0 Å². The molecule has 0 saturated heterocycles. The van der Waals surface area contributed by atoms with E-state index >= 15 is 0 Å². The Kier molecular flexibility index (Phi) is 7.97. The van der Waals surface area contributed by atoms with Crippen LogP contribution in [-0.2, 0) is 19.2 Å². The lowest BCUT2D eigenvalue weighted by Crippen LogP contribution is -2.56. The Morgan fingerprint density at radius 3 is 1.33 bits per heavy atom. The van der Waals surface area contributed by atoms with E-state index in [9.17, 15) is 19.2 Å². The normalized spacial score (nSPS) is 37.4. The maximum atomic E-state index is 13.9. The second-order valence-corrected chi connectivity index (χ2v) is 14.9. The minimum Gasteiger partial charge on any atom is -0.351 e. The Labute approximate surface area is 270 Å². The Balaban J connectivity index is 1.10. The first-order valence-electron chi connectivity index (χ1n) is 18.0. The molecular formula is C37H45N5O4. The molecule has 0 aliphatic heterocycles. The predicted octanol–water partition coefficient (Wildman–Crippen LogP) is 5.85. The fraction of sp³-hybridized carbons (Fsp3) is 0.649. The van der Waals surface area contributed by atoms with E-state index in [-0.39, 0.29) is 71.0 Å². The SMILES string of the molecule is O=C1C2CCCCC2C(=O)C2C(Nc3nc(NC4CCCC5C(=O)C6CCCCC6C(=O)C45)nc(-c4ccccc4)n3)CCCC12. The summed E-state index contributed by atoms with van der Waals surface area (Å²) in [5.74, 6) is 0.636. The van der Waals surface area contributed by atoms with Gasteiger partial charge in [0.25, 0.3) is 0 Å². The van der Waals surface area contributed by atoms with E-state index in [1.54, 1.807) is 0 Å². The zero-order valence-corrected chi connectivity index (χ0v) is 26.5. The second-order valence-electron chi connectivity index (χ2n) is 14.9. The van der Waals surface area contributed by atoms with Crippen LogP contribution in [0.25, 0.3) is 11.4 Å². The van der Waals surface area contributed by atoms with Gasteiger partial charge in [0.1, 0.15) is 23.1 Å². The van der Waals surface area contributed by atoms with Gasteiger partial charge in [0.15, 0.2) is 5.82 Å². The van der Waals surface area contributed by atoms with Gasteiger partial charge in [-0.2, -0.15) is 15.0 Å². The summed E-state index contributed by atoms with van der Waals surface area (Å²) in [6.45, 7) is 0. The zero-order valence-electron chi connectivity index (χ0n) is 26.5. The molecule has 0 bridgehead atoms. The molecule has 9 heteroatoms. The van der Waals surface area contributed by atoms with Gasteiger partial charge in [-0.1, -0.05) is 68.9 Å². The number of hydrogen-bond donors (Lipinski definition) is 2. The van der Waals surface area contributed by atoms with Crippen LogP contribution in [0, 0.1) is 47.3 Å². The number of Topliss-reactive ketones (excluding diaryl/α,β-unsaturated/α-hetero) is 4. The van der Waals surface area contributed by atoms with Crippen molar-refractivity contribution >= 4 is 35.0 Å². The van der Waals surface area contributed by atoms with Crippen LogP contribution >= 0.6 is 0 Å². The summed E-state index contributed by atoms with van der Waals surface area (Å²) in [7, 11) is 0. The molecule has 2 aromatic rings. The number of benzene rings is 1. The first-order chi connectivity index (χ1) is 22.5. The van der Waals surface area contributed by atoms with Crippen LogP contribution in [0.1, 0.15) is 89.9 Å². The number of anilines is 2. The number of hydrogen-bond acceptors (Lipinski definition) is 9. The summed E-state index contributed by atoms with van der Waals surface area (Å²) in [6, 6.07) is 9.29. The van der Waals surface area contributed by atoms with Crippen LogP contribution in [0.2, 0.25) is 0 Å². The standard InChI is InChI=1S/C37H45N5O4/c43-31-21-12-4-6-14-23(21)33(45)29-25(31)16-8-18-27(29)38-36-40-35(20-10-2-1-3-11-20)41-37(42-36)39-28-19-9-17-26-30(28)34(46)24-15-7-5-13-22(24)32(26)44/h1-3,10-11,21-30H,4-9,12-19H2,(H2,38,39,40,41,42). The average Bonchev–Trinajstić information content (AvgIpc) is 3.10. The van der Waals surface area contributed by atoms with Gasteiger partial charge in [0.05, 0.1) is 0 Å². The topological polar surface area (TPSA) is 131 Å². The van der Waals surface area contributed by atoms with Crippen molar-refractivity contribution in [2.45, 2.75) is 102 Å². The zero-order chi connectivity index (χ0) is 31.4. The van der Waals surface area contributed by atoms with Crippen LogP contribution < -0.4 is 10.6 Å². The molecule has 242 valence electrons. The van der Waals surface area contributed by atoms with Crippen LogP contribution in [0.5, 0.6) is 0 Å². The highest BCUT2D eigenvalue weighted by molar-refractivity contribution is 6.01. The van der Waals surface area contributed by atoms with Crippen LogP contribution in [0.4, 0.5) is 11.9 Å². The monoisotopic (exact) mass is 623 g/mol. The molecule has 0 spiro atoms. The molecule has 10 unspecified atom stereocenters. The first-order valence-corrected chi connectivity index (χ1v) is 18.0. The number of aromatic nitrogens is 3. The minimum absolute atomic E-state index is 0.100. The fourth-order valence-corrected chi connectivity index (χ4v) is 10.4. The lowest BCUT2D eigenvalue weighted by atomic mass is 9.57. The number of ketones is 4. The maximum Gasteiger partial charge on any atom is 0.228 e. The summed E-state index contributed by atoms with van der Waals surface area (Å²) < 4.78 is 0. The number of rotatable bonds is 5. The summed E-state index contributed by atoms with van der Waals surface area (Å²) in [5, 5.41) is 7.05. The van der Waals surface area contributed by atoms with Gasteiger partial charge in [-0.25, -0.2) is 0 Å². The van der Waals surface area contributed by atoms with Crippen LogP contribution in [0.15, 0.2) is 30.3 Å². The number of carbonyl (C=O) groups is 4. The van der Waals surface area contributed by atoms with Crippen molar-refractivity contribution in [3.63, 3.8) is 0 Å². The molecule has 6 saturated carbocycles. The Bertz CT molecular complexity index is 1440. The highest BCUT2D eigenvalue weighted by atomic mass is 16.2. The number of fused-ring (bicyclic) bond motifs is 4. The smallest absolute Gasteiger partial charge is 0.228 e. The molecule has 6 fully saturated rings. The summed E-state index contributed by atoms with van der Waals surface area (Å²) in [4.78, 5) is 69.6. The van der Waals surface area contributed by atoms with Gasteiger partial charge in [0, 0.05) is 65.0 Å². The van der Waals surface area contributed by atoms with E-state index < -0.39 is 0 Å². The molecular weight excluding hydrogens is 578 g/mol. The molecule has 0 radical (unpaired) electrons. The summed E-state index contributed by atoms with van der Waals surface area (Å²) in [6.07, 6.45) is 12.3. The quantitative estimate of drug-likeness (QED) is 0.421. The lowest BCUT2D eigenvalue weighted by Gasteiger charge is -2.46. The molecule has 1 heterocycles. The summed E-state index contributed by atoms with van der Waals surface area (Å²) >= 11 is 0. The van der Waals surface area contributed by atoms with E-state index in [2.05, 4.69) is 10.6 Å². The van der Waals surface area contributed by atoms with Gasteiger partial charge in [0.2, 0.25) is 11.9 Å². The molecule has 46 heavy (non-hydrogen) atoms. The van der Waals surface area contributed by atoms with Crippen molar-refractivity contribution in [1.82, 2.24) is 15.0 Å². The molecule has 9 nitrogen and oxygen atoms in total. The van der Waals surface area contributed by atoms with E-state index in [0.717, 1.165) is 95.5 Å². The number of nitrogens with one attached hydrogen (secondary N) is 2. The first kappa shape index (κ1) is 29.9. The Hall–Kier alpha value is -3.49. The minimum atomic E-state index is -0.359. The van der Waals surface area contributed by atoms with Gasteiger partial charge in [-0.3, -0.25) is 19.2 Å². The van der Waals surface area contributed by atoms with Crippen molar-refractivity contribution in [1.29, 1.82) is 0 Å². The summed E-state index contributed by atoms with van der Waals surface area (Å²) in [5.41, 5.74) is 0.835. The third kappa shape index (κ3) is 5.18. The van der Waals surface area contributed by atoms with Crippen molar-refractivity contribution in [2.24, 2.45) is 47.3 Å². The van der Waals surface area contributed by atoms with Crippen molar-refractivity contribution < 1.29 is 19.2 Å². The van der Waals surface area contributed by atoms with Gasteiger partial charge in [-0.15, -0.1) is 0 Å². The fourth-order valence-electron chi connectivity index (χ4n) is 10.4. The Morgan fingerprint density at radius 2 is 0.870 bits per heavy atom. The lowest BCUT2D eigenvalue weighted by molar-refractivity contribution is -0.151. The number of nitrogens with zero attached hydrogens (tertiary/aromatic N) is 3. The van der Waals surface area contributed by atoms with E-state index in [1.807, 2.05) is 30.3 Å². The molecule has 1 aromatic carbocycles. The number of carbonyl (C=O) groups excluding carboxylic acids is 4. The van der Waals surface area contributed by atoms with E-state index in [4.69, 9.17) is 15.0 Å². The molecule has 6 aliphatic carbocycles. The molecule has 0 amide bonds. The average molecular weight is 624 g/mol. The van der Waals surface area contributed by atoms with Crippen LogP contribution in [0.3, 0.4) is 0 Å². The molecule has 10 atom stereocenters. The van der Waals surface area contributed by atoms with Crippen molar-refractivity contribution in [3.05, 3.63) is 30.3 Å². The van der Waals surface area contributed by atoms with Gasteiger partial charge in [-0.05, 0) is 51.4 Å². The van der Waals surface area contributed by atoms with Gasteiger partial charge >= 0.3 is 0 Å². The Morgan fingerprint density at radius 1 is 0.457 bits per heavy atom. The van der Waals surface area contributed by atoms with Gasteiger partial charge < -0.3 is 10.6 Å². The highest BCUT2D eigenvalue weighted by Crippen LogP contribution is 2.48. The maximum absolute atomic E-state index is 13.9. The molecule has 6 aliphatic rings. The molecule has 2 N–H and O–H groups in total. The second kappa shape index (κ2) is 12.3. The van der Waals surface area contributed by atoms with Crippen LogP contribution in [-0.4, -0.2) is 50.2 Å². The third-order valence-corrected chi connectivity index (χ3v) is 12.5. The highest BCUT2D eigenvalue weighted by Gasteiger charge is 2.55. The largest absolute Gasteiger partial charge is 0.351 e. The predicted molar refractivity (Wildman–Crippen MR) is 173 cm³/mol. The molecule has 8 rings (SSSR count). The van der Waals surface area contributed by atoms with Crippen molar-refractivity contribution in [3.8, 4) is 11.4 Å². The van der Waals surface area contributed by atoms with Crippen molar-refractivity contribution in [2.75, 3.05) is 10.6 Å². The third-order valence-electron chi connectivity index (χ3n) is 12.5.